The molecular weight excluding hydrogens is 386 g/mol. The van der Waals surface area contributed by atoms with Crippen molar-refractivity contribution in [1.29, 1.82) is 0 Å². The molecule has 0 aliphatic carbocycles. The van der Waals surface area contributed by atoms with Gasteiger partial charge in [-0.15, -0.1) is 11.8 Å². The summed E-state index contributed by atoms with van der Waals surface area (Å²) in [6.45, 7) is 5.01. The Kier molecular flexibility index (Phi) is 5.62. The zero-order valence-electron chi connectivity index (χ0n) is 16.3. The average Bonchev–Trinajstić information content (AvgIpc) is 3.33. The summed E-state index contributed by atoms with van der Waals surface area (Å²) in [6.07, 6.45) is 0. The summed E-state index contributed by atoms with van der Waals surface area (Å²) in [5.41, 5.74) is 2.63. The Hall–Kier alpha value is -3.13. The van der Waals surface area contributed by atoms with Crippen LogP contribution in [-0.2, 0) is 18.8 Å². The summed E-state index contributed by atoms with van der Waals surface area (Å²) in [4.78, 5) is 22.6. The van der Waals surface area contributed by atoms with Crippen LogP contribution in [0.4, 0.5) is 0 Å². The number of para-hydroxylation sites is 2. The highest BCUT2D eigenvalue weighted by Gasteiger charge is 2.15. The van der Waals surface area contributed by atoms with E-state index in [4.69, 9.17) is 4.52 Å². The molecule has 29 heavy (non-hydrogen) atoms. The lowest BCUT2D eigenvalue weighted by Crippen LogP contribution is -2.25. The minimum absolute atomic E-state index is 0.135. The molecule has 2 aromatic heterocycles. The maximum Gasteiger partial charge on any atom is 0.252 e. The minimum Gasteiger partial charge on any atom is -0.345 e. The number of imidazole rings is 1. The molecule has 4 aromatic rings. The molecule has 4 rings (SSSR count). The maximum absolute atomic E-state index is 12.9. The van der Waals surface area contributed by atoms with Crippen molar-refractivity contribution in [1.82, 2.24) is 25.0 Å². The molecular formula is C21H21N5O2S. The molecule has 0 bridgehead atoms. The van der Waals surface area contributed by atoms with Crippen molar-refractivity contribution in [3.05, 3.63) is 71.6 Å². The van der Waals surface area contributed by atoms with Crippen LogP contribution in [0.5, 0.6) is 0 Å². The number of nitrogens with zero attached hydrogens (tertiary/aromatic N) is 4. The number of aryl methyl sites for hydroxylation is 2. The van der Waals surface area contributed by atoms with Gasteiger partial charge in [-0.1, -0.05) is 29.4 Å². The SMILES string of the molecule is CCn1c(CNC(=O)c2ccccc2SCc2nc(C)no2)nc2ccccc21. The van der Waals surface area contributed by atoms with Gasteiger partial charge in [-0.25, -0.2) is 4.98 Å². The molecule has 2 aromatic carbocycles. The number of amides is 1. The Morgan fingerprint density at radius 3 is 2.72 bits per heavy atom. The first-order chi connectivity index (χ1) is 14.2. The second kappa shape index (κ2) is 8.48. The van der Waals surface area contributed by atoms with Crippen molar-refractivity contribution in [3.63, 3.8) is 0 Å². The van der Waals surface area contributed by atoms with E-state index in [2.05, 4.69) is 31.9 Å². The van der Waals surface area contributed by atoms with Crippen molar-refractivity contribution in [3.8, 4) is 0 Å². The molecule has 0 spiro atoms. The Labute approximate surface area is 172 Å². The number of rotatable bonds is 7. The molecule has 7 nitrogen and oxygen atoms in total. The second-order valence-electron chi connectivity index (χ2n) is 6.46. The molecule has 8 heteroatoms. The molecule has 0 unspecified atom stereocenters. The monoisotopic (exact) mass is 407 g/mol. The summed E-state index contributed by atoms with van der Waals surface area (Å²) in [5.74, 6) is 2.36. The zero-order chi connectivity index (χ0) is 20.2. The molecule has 0 fully saturated rings. The predicted octanol–water partition coefficient (Wildman–Crippen LogP) is 3.97. The van der Waals surface area contributed by atoms with Crippen molar-refractivity contribution in [2.75, 3.05) is 0 Å². The van der Waals surface area contributed by atoms with Crippen LogP contribution in [0.15, 0.2) is 57.9 Å². The predicted molar refractivity (Wildman–Crippen MR) is 112 cm³/mol. The molecule has 0 aliphatic rings. The number of fused-ring (bicyclic) bond motifs is 1. The summed E-state index contributed by atoms with van der Waals surface area (Å²) in [5, 5.41) is 6.80. The normalized spacial score (nSPS) is 11.1. The second-order valence-corrected chi connectivity index (χ2v) is 7.48. The van der Waals surface area contributed by atoms with Crippen LogP contribution in [0.2, 0.25) is 0 Å². The summed E-state index contributed by atoms with van der Waals surface area (Å²) >= 11 is 1.50. The minimum atomic E-state index is -0.135. The Morgan fingerprint density at radius 1 is 1.14 bits per heavy atom. The Balaban J connectivity index is 1.48. The van der Waals surface area contributed by atoms with Crippen molar-refractivity contribution in [2.45, 2.75) is 37.6 Å². The molecule has 1 amide bonds. The molecule has 2 heterocycles. The van der Waals surface area contributed by atoms with Gasteiger partial charge >= 0.3 is 0 Å². The highest BCUT2D eigenvalue weighted by atomic mass is 32.2. The summed E-state index contributed by atoms with van der Waals surface area (Å²) < 4.78 is 7.27. The Bertz CT molecular complexity index is 1150. The van der Waals surface area contributed by atoms with Crippen LogP contribution in [0.3, 0.4) is 0 Å². The van der Waals surface area contributed by atoms with Gasteiger partial charge in [0.05, 0.1) is 28.9 Å². The lowest BCUT2D eigenvalue weighted by atomic mass is 10.2. The van der Waals surface area contributed by atoms with E-state index in [0.717, 1.165) is 28.3 Å². The average molecular weight is 407 g/mol. The number of hydrogen-bond donors (Lipinski definition) is 1. The van der Waals surface area contributed by atoms with Gasteiger partial charge in [0.2, 0.25) is 5.89 Å². The summed E-state index contributed by atoms with van der Waals surface area (Å²) in [7, 11) is 0. The number of aromatic nitrogens is 4. The largest absolute Gasteiger partial charge is 0.345 e. The maximum atomic E-state index is 12.9. The first-order valence-corrected chi connectivity index (χ1v) is 10.4. The summed E-state index contributed by atoms with van der Waals surface area (Å²) in [6, 6.07) is 15.5. The van der Waals surface area contributed by atoms with E-state index in [-0.39, 0.29) is 5.91 Å². The zero-order valence-corrected chi connectivity index (χ0v) is 17.1. The van der Waals surface area contributed by atoms with Crippen LogP contribution in [-0.4, -0.2) is 25.6 Å². The van der Waals surface area contributed by atoms with E-state index in [1.165, 1.54) is 11.8 Å². The van der Waals surface area contributed by atoms with Gasteiger partial charge < -0.3 is 14.4 Å². The van der Waals surface area contributed by atoms with Crippen LogP contribution >= 0.6 is 11.8 Å². The number of carbonyl (C=O) groups excluding carboxylic acids is 1. The van der Waals surface area contributed by atoms with Crippen molar-refractivity contribution < 1.29 is 9.32 Å². The number of thioether (sulfide) groups is 1. The molecule has 0 atom stereocenters. The van der Waals surface area contributed by atoms with E-state index in [1.54, 1.807) is 6.92 Å². The van der Waals surface area contributed by atoms with Gasteiger partial charge in [0.15, 0.2) is 5.82 Å². The number of nitrogens with one attached hydrogen (secondary N) is 1. The van der Waals surface area contributed by atoms with Crippen LogP contribution in [0.1, 0.15) is 34.8 Å². The highest BCUT2D eigenvalue weighted by Crippen LogP contribution is 2.26. The molecule has 148 valence electrons. The molecule has 0 saturated carbocycles. The lowest BCUT2D eigenvalue weighted by Gasteiger charge is -2.10. The number of hydrogen-bond acceptors (Lipinski definition) is 6. The smallest absolute Gasteiger partial charge is 0.252 e. The van der Waals surface area contributed by atoms with E-state index in [0.29, 0.717) is 29.6 Å². The third-order valence-corrected chi connectivity index (χ3v) is 5.57. The van der Waals surface area contributed by atoms with Gasteiger partial charge in [0, 0.05) is 11.4 Å². The van der Waals surface area contributed by atoms with Crippen LogP contribution in [0, 0.1) is 6.92 Å². The third kappa shape index (κ3) is 4.17. The Morgan fingerprint density at radius 2 is 1.93 bits per heavy atom. The molecule has 0 radical (unpaired) electrons. The van der Waals surface area contributed by atoms with Gasteiger partial charge in [0.1, 0.15) is 5.82 Å². The molecule has 0 saturated heterocycles. The van der Waals surface area contributed by atoms with Crippen molar-refractivity contribution >= 4 is 28.7 Å². The fraction of sp³-hybridized carbons (Fsp3) is 0.238. The van der Waals surface area contributed by atoms with E-state index in [1.807, 2.05) is 48.5 Å². The molecule has 1 N–H and O–H groups in total. The van der Waals surface area contributed by atoms with Gasteiger partial charge in [-0.2, -0.15) is 4.98 Å². The van der Waals surface area contributed by atoms with Crippen LogP contribution < -0.4 is 5.32 Å². The van der Waals surface area contributed by atoms with E-state index < -0.39 is 0 Å². The fourth-order valence-corrected chi connectivity index (χ4v) is 4.07. The quantitative estimate of drug-likeness (QED) is 0.467. The lowest BCUT2D eigenvalue weighted by molar-refractivity contribution is 0.0946. The molecule has 0 aliphatic heterocycles. The van der Waals surface area contributed by atoms with E-state index >= 15 is 0 Å². The standard InChI is InChI=1S/C21H21N5O2S/c1-3-26-17-10-6-5-9-16(17)24-19(26)12-22-21(27)15-8-4-7-11-18(15)29-13-20-23-14(2)25-28-20/h4-11H,3,12-13H2,1-2H3,(H,22,27). The van der Waals surface area contributed by atoms with Gasteiger partial charge in [0.25, 0.3) is 5.91 Å². The number of carbonyl (C=O) groups is 1. The van der Waals surface area contributed by atoms with Gasteiger partial charge in [-0.3, -0.25) is 4.79 Å². The fourth-order valence-electron chi connectivity index (χ4n) is 3.19. The van der Waals surface area contributed by atoms with Crippen molar-refractivity contribution in [2.24, 2.45) is 0 Å². The van der Waals surface area contributed by atoms with E-state index in [9.17, 15) is 4.79 Å². The number of benzene rings is 2. The van der Waals surface area contributed by atoms with Gasteiger partial charge in [-0.05, 0) is 38.1 Å². The third-order valence-electron chi connectivity index (χ3n) is 4.51. The highest BCUT2D eigenvalue weighted by molar-refractivity contribution is 7.98. The first-order valence-electron chi connectivity index (χ1n) is 9.39. The first kappa shape index (κ1) is 19.2. The topological polar surface area (TPSA) is 85.8 Å². The van der Waals surface area contributed by atoms with Crippen LogP contribution in [0.25, 0.3) is 11.0 Å².